The van der Waals surface area contributed by atoms with Crippen molar-refractivity contribution in [3.8, 4) is 0 Å². The summed E-state index contributed by atoms with van der Waals surface area (Å²) in [6.07, 6.45) is 2.83. The van der Waals surface area contributed by atoms with Gasteiger partial charge in [0, 0.05) is 25.8 Å². The number of hydrogen-bond acceptors (Lipinski definition) is 4. The van der Waals surface area contributed by atoms with Gasteiger partial charge in [0.1, 0.15) is 5.82 Å². The molecule has 1 aliphatic heterocycles. The number of likely N-dealkylation sites (tertiary alicyclic amines) is 1. The van der Waals surface area contributed by atoms with Crippen LogP contribution in [0.25, 0.3) is 0 Å². The van der Waals surface area contributed by atoms with Crippen molar-refractivity contribution in [2.24, 2.45) is 5.92 Å². The Labute approximate surface area is 148 Å². The number of aromatic nitrogens is 2. The second-order valence-electron chi connectivity index (χ2n) is 6.53. The molecule has 0 unspecified atom stereocenters. The molecule has 25 heavy (non-hydrogen) atoms. The summed E-state index contributed by atoms with van der Waals surface area (Å²) < 4.78 is 0. The second-order valence-corrected chi connectivity index (χ2v) is 6.53. The molecule has 0 saturated carbocycles. The zero-order valence-electron chi connectivity index (χ0n) is 14.6. The number of hydrogen-bond donors (Lipinski definition) is 2. The van der Waals surface area contributed by atoms with E-state index in [4.69, 9.17) is 0 Å². The molecule has 1 aromatic carbocycles. The van der Waals surface area contributed by atoms with Crippen LogP contribution in [-0.2, 0) is 13.1 Å². The first-order chi connectivity index (χ1) is 12.2. The molecule has 1 aliphatic rings. The first-order valence-electron chi connectivity index (χ1n) is 8.75. The summed E-state index contributed by atoms with van der Waals surface area (Å²) in [5.74, 6) is 1.22. The minimum absolute atomic E-state index is 0.141. The summed E-state index contributed by atoms with van der Waals surface area (Å²) in [4.78, 5) is 22.7. The highest BCUT2D eigenvalue weighted by Gasteiger charge is 2.22. The quantitative estimate of drug-likeness (QED) is 0.846. The molecule has 2 N–H and O–H groups in total. The number of carbonyl (C=O) groups is 1. The lowest BCUT2D eigenvalue weighted by atomic mass is 10.1. The van der Waals surface area contributed by atoms with E-state index in [0.717, 1.165) is 31.7 Å². The number of nitrogens with zero attached hydrogens (tertiary/aromatic N) is 3. The number of amides is 2. The Hall–Kier alpha value is -2.47. The van der Waals surface area contributed by atoms with Crippen LogP contribution in [0.4, 0.5) is 4.79 Å². The van der Waals surface area contributed by atoms with Crippen molar-refractivity contribution in [2.75, 3.05) is 19.6 Å². The predicted molar refractivity (Wildman–Crippen MR) is 96.8 cm³/mol. The highest BCUT2D eigenvalue weighted by molar-refractivity contribution is 5.73. The van der Waals surface area contributed by atoms with E-state index in [0.29, 0.717) is 24.8 Å². The molecule has 1 atom stereocenters. The maximum Gasteiger partial charge on any atom is 0.315 e. The number of aryl methyl sites for hydroxylation is 1. The van der Waals surface area contributed by atoms with Gasteiger partial charge in [0.25, 0.3) is 0 Å². The van der Waals surface area contributed by atoms with Gasteiger partial charge in [0.05, 0.1) is 12.2 Å². The lowest BCUT2D eigenvalue weighted by molar-refractivity contribution is 0.238. The van der Waals surface area contributed by atoms with Crippen molar-refractivity contribution in [1.29, 1.82) is 0 Å². The standard InChI is InChI=1S/C19H25N5O/c1-15-20-9-7-18(23-15)12-22-19(25)21-11-17-8-10-24(14-17)13-16-5-3-2-4-6-16/h2-7,9,17H,8,10-14H2,1H3,(H2,21,22,25)/t17-/m1/s1. The number of rotatable bonds is 6. The first kappa shape index (κ1) is 17.4. The van der Waals surface area contributed by atoms with Crippen molar-refractivity contribution in [3.05, 3.63) is 59.7 Å². The number of nitrogens with one attached hydrogen (secondary N) is 2. The highest BCUT2D eigenvalue weighted by Crippen LogP contribution is 2.17. The Kier molecular flexibility index (Phi) is 5.95. The topological polar surface area (TPSA) is 70.2 Å². The Bertz CT molecular complexity index is 691. The lowest BCUT2D eigenvalue weighted by Crippen LogP contribution is -2.38. The third kappa shape index (κ3) is 5.53. The molecular weight excluding hydrogens is 314 g/mol. The van der Waals surface area contributed by atoms with Crippen LogP contribution in [-0.4, -0.2) is 40.5 Å². The van der Waals surface area contributed by atoms with Crippen molar-refractivity contribution < 1.29 is 4.79 Å². The van der Waals surface area contributed by atoms with Gasteiger partial charge in [-0.25, -0.2) is 14.8 Å². The van der Waals surface area contributed by atoms with Gasteiger partial charge in [-0.05, 0) is 37.4 Å². The van der Waals surface area contributed by atoms with Crippen LogP contribution in [0.15, 0.2) is 42.6 Å². The number of carbonyl (C=O) groups excluding carboxylic acids is 1. The molecule has 2 amide bonds. The van der Waals surface area contributed by atoms with Crippen molar-refractivity contribution in [3.63, 3.8) is 0 Å². The molecule has 132 valence electrons. The molecule has 0 radical (unpaired) electrons. The van der Waals surface area contributed by atoms with Crippen molar-refractivity contribution in [2.45, 2.75) is 26.4 Å². The van der Waals surface area contributed by atoms with Gasteiger partial charge in [-0.3, -0.25) is 4.90 Å². The van der Waals surface area contributed by atoms with E-state index in [9.17, 15) is 4.79 Å². The van der Waals surface area contributed by atoms with E-state index in [1.54, 1.807) is 6.20 Å². The Morgan fingerprint density at radius 1 is 1.24 bits per heavy atom. The molecule has 6 nitrogen and oxygen atoms in total. The molecule has 0 spiro atoms. The summed E-state index contributed by atoms with van der Waals surface area (Å²) >= 11 is 0. The molecule has 2 heterocycles. The van der Waals surface area contributed by atoms with Gasteiger partial charge >= 0.3 is 6.03 Å². The van der Waals surface area contributed by atoms with Gasteiger partial charge in [0.15, 0.2) is 0 Å². The van der Waals surface area contributed by atoms with E-state index in [-0.39, 0.29) is 6.03 Å². The summed E-state index contributed by atoms with van der Waals surface area (Å²) in [5.41, 5.74) is 2.16. The van der Waals surface area contributed by atoms with Crippen LogP contribution in [0, 0.1) is 12.8 Å². The molecule has 0 bridgehead atoms. The van der Waals surface area contributed by atoms with Crippen LogP contribution < -0.4 is 10.6 Å². The molecule has 6 heteroatoms. The molecule has 2 aromatic rings. The second kappa shape index (κ2) is 8.58. The van der Waals surface area contributed by atoms with Gasteiger partial charge in [-0.1, -0.05) is 30.3 Å². The first-order valence-corrected chi connectivity index (χ1v) is 8.75. The maximum absolute atomic E-state index is 12.0. The highest BCUT2D eigenvalue weighted by atomic mass is 16.2. The average Bonchev–Trinajstić information content (AvgIpc) is 3.06. The maximum atomic E-state index is 12.0. The average molecular weight is 339 g/mol. The number of urea groups is 1. The third-order valence-corrected chi connectivity index (χ3v) is 4.43. The molecule has 1 fully saturated rings. The van der Waals surface area contributed by atoms with E-state index in [1.807, 2.05) is 19.1 Å². The Morgan fingerprint density at radius 3 is 2.88 bits per heavy atom. The third-order valence-electron chi connectivity index (χ3n) is 4.43. The zero-order chi connectivity index (χ0) is 17.5. The van der Waals surface area contributed by atoms with Crippen molar-refractivity contribution in [1.82, 2.24) is 25.5 Å². The van der Waals surface area contributed by atoms with E-state index in [1.165, 1.54) is 5.56 Å². The summed E-state index contributed by atoms with van der Waals surface area (Å²) in [6, 6.07) is 12.2. The van der Waals surface area contributed by atoms with Crippen LogP contribution in [0.2, 0.25) is 0 Å². The van der Waals surface area contributed by atoms with Gasteiger partial charge in [-0.2, -0.15) is 0 Å². The van der Waals surface area contributed by atoms with Crippen LogP contribution in [0.1, 0.15) is 23.5 Å². The largest absolute Gasteiger partial charge is 0.338 e. The van der Waals surface area contributed by atoms with E-state index < -0.39 is 0 Å². The Balaban J connectivity index is 1.35. The van der Waals surface area contributed by atoms with Gasteiger partial charge < -0.3 is 10.6 Å². The lowest BCUT2D eigenvalue weighted by Gasteiger charge is -2.16. The fourth-order valence-electron chi connectivity index (χ4n) is 3.14. The zero-order valence-corrected chi connectivity index (χ0v) is 14.6. The minimum Gasteiger partial charge on any atom is -0.338 e. The summed E-state index contributed by atoms with van der Waals surface area (Å²) in [7, 11) is 0. The normalized spacial score (nSPS) is 17.4. The van der Waals surface area contributed by atoms with Gasteiger partial charge in [-0.15, -0.1) is 0 Å². The smallest absolute Gasteiger partial charge is 0.315 e. The van der Waals surface area contributed by atoms with Crippen molar-refractivity contribution >= 4 is 6.03 Å². The fourth-order valence-corrected chi connectivity index (χ4v) is 3.14. The Morgan fingerprint density at radius 2 is 2.08 bits per heavy atom. The van der Waals surface area contributed by atoms with E-state index >= 15 is 0 Å². The van der Waals surface area contributed by atoms with Crippen LogP contribution >= 0.6 is 0 Å². The fraction of sp³-hybridized carbons (Fsp3) is 0.421. The minimum atomic E-state index is -0.141. The molecular formula is C19H25N5O. The summed E-state index contributed by atoms with van der Waals surface area (Å²) in [6.45, 7) is 6.06. The molecule has 1 aromatic heterocycles. The van der Waals surface area contributed by atoms with Crippen LogP contribution in [0.5, 0.6) is 0 Å². The molecule has 1 saturated heterocycles. The van der Waals surface area contributed by atoms with Gasteiger partial charge in [0.2, 0.25) is 0 Å². The van der Waals surface area contributed by atoms with Crippen LogP contribution in [0.3, 0.4) is 0 Å². The number of benzene rings is 1. The predicted octanol–water partition coefficient (Wildman–Crippen LogP) is 2.11. The SMILES string of the molecule is Cc1nccc(CNC(=O)NC[C@H]2CCN(Cc3ccccc3)C2)n1. The summed E-state index contributed by atoms with van der Waals surface area (Å²) in [5, 5.41) is 5.82. The molecule has 0 aliphatic carbocycles. The van der Waals surface area contributed by atoms with E-state index in [2.05, 4.69) is 49.8 Å². The monoisotopic (exact) mass is 339 g/mol. The molecule has 3 rings (SSSR count).